The molecule has 1 aliphatic heterocycles. The van der Waals surface area contributed by atoms with Crippen LogP contribution in [-0.2, 0) is 6.54 Å². The Hall–Kier alpha value is -0.340. The second kappa shape index (κ2) is 9.92. The van der Waals surface area contributed by atoms with Gasteiger partial charge in [-0.1, -0.05) is 31.9 Å². The van der Waals surface area contributed by atoms with Crippen molar-refractivity contribution >= 4 is 78.5 Å². The Morgan fingerprint density at radius 1 is 0.889 bits per heavy atom. The Bertz CT molecular complexity index is 853. The van der Waals surface area contributed by atoms with Crippen LogP contribution < -0.4 is 5.32 Å². The average Bonchev–Trinajstić information content (AvgIpc) is 2.88. The van der Waals surface area contributed by atoms with Crippen LogP contribution in [-0.4, -0.2) is 53.4 Å². The summed E-state index contributed by atoms with van der Waals surface area (Å²) in [6, 6.07) is 12.7. The van der Waals surface area contributed by atoms with E-state index in [0.717, 1.165) is 52.7 Å². The van der Waals surface area contributed by atoms with E-state index in [0.29, 0.717) is 6.54 Å². The van der Waals surface area contributed by atoms with Crippen LogP contribution in [0.3, 0.4) is 0 Å². The van der Waals surface area contributed by atoms with Gasteiger partial charge in [0.2, 0.25) is 0 Å². The third-order valence-corrected chi connectivity index (χ3v) is 5.85. The standard InChI is InChI=1S/C19H21Br2N3O.2ClH/c20-13-1-3-18-16(9-13)17-10-14(21)2-4-19(17)24(18)12-15(25)11-23-7-5-22-6-8-23;;/h1-4,9-10,15,22,25H,5-8,11-12H2;2*1H/t15-;;/m1../s1. The van der Waals surface area contributed by atoms with Gasteiger partial charge in [0.15, 0.2) is 0 Å². The smallest absolute Gasteiger partial charge is 0.0845 e. The summed E-state index contributed by atoms with van der Waals surface area (Å²) in [5.41, 5.74) is 2.33. The van der Waals surface area contributed by atoms with Crippen molar-refractivity contribution in [3.63, 3.8) is 0 Å². The van der Waals surface area contributed by atoms with Crippen LogP contribution in [0.4, 0.5) is 0 Å². The van der Waals surface area contributed by atoms with Crippen molar-refractivity contribution in [3.05, 3.63) is 45.3 Å². The predicted molar refractivity (Wildman–Crippen MR) is 125 cm³/mol. The zero-order valence-corrected chi connectivity index (χ0v) is 19.5. The molecule has 8 heteroatoms. The molecule has 0 spiro atoms. The van der Waals surface area contributed by atoms with E-state index in [1.807, 2.05) is 0 Å². The van der Waals surface area contributed by atoms with Crippen molar-refractivity contribution in [2.24, 2.45) is 0 Å². The van der Waals surface area contributed by atoms with Gasteiger partial charge in [-0.3, -0.25) is 4.90 Å². The van der Waals surface area contributed by atoms with Gasteiger partial charge in [-0.2, -0.15) is 0 Å². The largest absolute Gasteiger partial charge is 0.390 e. The number of benzene rings is 2. The lowest BCUT2D eigenvalue weighted by molar-refractivity contribution is 0.0936. The normalized spacial score (nSPS) is 16.1. The highest BCUT2D eigenvalue weighted by Gasteiger charge is 2.18. The average molecular weight is 540 g/mol. The number of aliphatic hydroxyl groups is 1. The molecule has 2 aromatic carbocycles. The summed E-state index contributed by atoms with van der Waals surface area (Å²) in [6.07, 6.45) is -0.385. The highest BCUT2D eigenvalue weighted by Crippen LogP contribution is 2.33. The van der Waals surface area contributed by atoms with E-state index in [1.54, 1.807) is 0 Å². The molecule has 0 radical (unpaired) electrons. The van der Waals surface area contributed by atoms with Gasteiger partial charge in [-0.15, -0.1) is 24.8 Å². The SMILES string of the molecule is Cl.Cl.O[C@H](CN1CCNCC1)Cn1c2ccc(Br)cc2c2cc(Br)ccc21. The summed E-state index contributed by atoms with van der Waals surface area (Å²) in [6.45, 7) is 5.34. The molecule has 1 fully saturated rings. The fourth-order valence-corrected chi connectivity index (χ4v) is 4.43. The van der Waals surface area contributed by atoms with Crippen molar-refractivity contribution < 1.29 is 5.11 Å². The fourth-order valence-electron chi connectivity index (χ4n) is 3.71. The van der Waals surface area contributed by atoms with E-state index in [-0.39, 0.29) is 30.9 Å². The number of fused-ring (bicyclic) bond motifs is 3. The second-order valence-electron chi connectivity index (χ2n) is 6.64. The molecule has 1 atom stereocenters. The van der Waals surface area contributed by atoms with Crippen LogP contribution in [0.1, 0.15) is 0 Å². The van der Waals surface area contributed by atoms with Gasteiger partial charge >= 0.3 is 0 Å². The summed E-state index contributed by atoms with van der Waals surface area (Å²) in [5, 5.41) is 16.5. The predicted octanol–water partition coefficient (Wildman–Crippen LogP) is 4.43. The van der Waals surface area contributed by atoms with E-state index in [4.69, 9.17) is 0 Å². The van der Waals surface area contributed by atoms with Gasteiger partial charge in [-0.25, -0.2) is 0 Å². The minimum absolute atomic E-state index is 0. The Morgan fingerprint density at radius 3 is 1.93 bits per heavy atom. The number of nitrogens with one attached hydrogen (secondary N) is 1. The first kappa shape index (κ1) is 22.9. The Labute approximate surface area is 188 Å². The number of piperazine rings is 1. The molecule has 148 valence electrons. The summed E-state index contributed by atoms with van der Waals surface area (Å²) < 4.78 is 4.39. The van der Waals surface area contributed by atoms with E-state index < -0.39 is 0 Å². The van der Waals surface area contributed by atoms with Crippen LogP contribution in [0, 0.1) is 0 Å². The summed E-state index contributed by atoms with van der Waals surface area (Å²) in [4.78, 5) is 2.34. The number of β-amino-alcohol motifs (C(OH)–C–C–N with tert-alkyl or cyclic N) is 1. The number of nitrogens with zero attached hydrogens (tertiary/aromatic N) is 2. The van der Waals surface area contributed by atoms with Gasteiger partial charge in [0.25, 0.3) is 0 Å². The number of aliphatic hydroxyl groups excluding tert-OH is 1. The van der Waals surface area contributed by atoms with E-state index >= 15 is 0 Å². The molecule has 0 aliphatic carbocycles. The molecule has 1 aromatic heterocycles. The minimum Gasteiger partial charge on any atom is -0.390 e. The Balaban J connectivity index is 0.00000131. The summed E-state index contributed by atoms with van der Waals surface area (Å²) in [7, 11) is 0. The molecule has 2 N–H and O–H groups in total. The second-order valence-corrected chi connectivity index (χ2v) is 8.47. The highest BCUT2D eigenvalue weighted by atomic mass is 79.9. The van der Waals surface area contributed by atoms with Crippen LogP contribution >= 0.6 is 56.7 Å². The molecule has 4 nitrogen and oxygen atoms in total. The zero-order chi connectivity index (χ0) is 17.4. The lowest BCUT2D eigenvalue weighted by atomic mass is 10.2. The number of hydrogen-bond donors (Lipinski definition) is 2. The maximum Gasteiger partial charge on any atom is 0.0845 e. The fraction of sp³-hybridized carbons (Fsp3) is 0.368. The van der Waals surface area contributed by atoms with Gasteiger partial charge in [-0.05, 0) is 36.4 Å². The van der Waals surface area contributed by atoms with Crippen LogP contribution in [0.25, 0.3) is 21.8 Å². The van der Waals surface area contributed by atoms with E-state index in [9.17, 15) is 5.11 Å². The summed E-state index contributed by atoms with van der Waals surface area (Å²) >= 11 is 7.16. The zero-order valence-electron chi connectivity index (χ0n) is 14.7. The number of halogens is 4. The topological polar surface area (TPSA) is 40.4 Å². The van der Waals surface area contributed by atoms with Crippen molar-refractivity contribution in [2.75, 3.05) is 32.7 Å². The first-order valence-corrected chi connectivity index (χ1v) is 10.2. The van der Waals surface area contributed by atoms with Gasteiger partial charge < -0.3 is 15.0 Å². The third kappa shape index (κ3) is 4.99. The third-order valence-electron chi connectivity index (χ3n) is 4.86. The molecule has 27 heavy (non-hydrogen) atoms. The van der Waals surface area contributed by atoms with Crippen molar-refractivity contribution in [1.29, 1.82) is 0 Å². The van der Waals surface area contributed by atoms with Crippen LogP contribution in [0.5, 0.6) is 0 Å². The molecule has 1 saturated heterocycles. The van der Waals surface area contributed by atoms with Crippen molar-refractivity contribution in [2.45, 2.75) is 12.6 Å². The quantitative estimate of drug-likeness (QED) is 0.515. The lowest BCUT2D eigenvalue weighted by Gasteiger charge is -2.29. The molecule has 0 unspecified atom stereocenters. The lowest BCUT2D eigenvalue weighted by Crippen LogP contribution is -2.46. The maximum atomic E-state index is 10.7. The first-order valence-electron chi connectivity index (χ1n) is 8.60. The van der Waals surface area contributed by atoms with Crippen LogP contribution in [0.15, 0.2) is 45.3 Å². The molecular formula is C19H23Br2Cl2N3O. The van der Waals surface area contributed by atoms with Gasteiger partial charge in [0, 0.05) is 63.5 Å². The molecule has 3 aromatic rings. The molecule has 2 heterocycles. The Kier molecular flexibility index (Phi) is 8.43. The number of rotatable bonds is 4. The molecule has 0 saturated carbocycles. The molecule has 1 aliphatic rings. The van der Waals surface area contributed by atoms with Gasteiger partial charge in [0.1, 0.15) is 0 Å². The monoisotopic (exact) mass is 537 g/mol. The molecular weight excluding hydrogens is 517 g/mol. The molecule has 0 amide bonds. The van der Waals surface area contributed by atoms with Crippen molar-refractivity contribution in [3.8, 4) is 0 Å². The highest BCUT2D eigenvalue weighted by molar-refractivity contribution is 9.10. The molecule has 0 bridgehead atoms. The van der Waals surface area contributed by atoms with Crippen LogP contribution in [0.2, 0.25) is 0 Å². The maximum absolute atomic E-state index is 10.7. The van der Waals surface area contributed by atoms with Crippen molar-refractivity contribution in [1.82, 2.24) is 14.8 Å². The van der Waals surface area contributed by atoms with E-state index in [1.165, 1.54) is 10.8 Å². The number of aromatic nitrogens is 1. The Morgan fingerprint density at radius 2 is 1.41 bits per heavy atom. The first-order chi connectivity index (χ1) is 12.1. The van der Waals surface area contributed by atoms with Gasteiger partial charge in [0.05, 0.1) is 12.6 Å². The summed E-state index contributed by atoms with van der Waals surface area (Å²) in [5.74, 6) is 0. The minimum atomic E-state index is -0.385. The molecule has 4 rings (SSSR count). The van der Waals surface area contributed by atoms with E-state index in [2.05, 4.69) is 83.0 Å². The number of hydrogen-bond acceptors (Lipinski definition) is 3.